The predicted octanol–water partition coefficient (Wildman–Crippen LogP) is 3.57. The van der Waals surface area contributed by atoms with Gasteiger partial charge in [0.25, 0.3) is 0 Å². The van der Waals surface area contributed by atoms with Crippen LogP contribution in [0.4, 0.5) is 0 Å². The number of hydrogen-bond donors (Lipinski definition) is 0. The van der Waals surface area contributed by atoms with Crippen molar-refractivity contribution in [2.45, 2.75) is 40.5 Å². The lowest BCUT2D eigenvalue weighted by atomic mass is 9.77. The summed E-state index contributed by atoms with van der Waals surface area (Å²) in [6.45, 7) is 9.65. The third kappa shape index (κ3) is 1.20. The van der Waals surface area contributed by atoms with Crippen LogP contribution in [-0.4, -0.2) is 0 Å². The van der Waals surface area contributed by atoms with E-state index in [4.69, 9.17) is 0 Å². The lowest BCUT2D eigenvalue weighted by molar-refractivity contribution is 0.201. The molecular formula is C12H22. The SMILES string of the molecule is CC(C)C1[C@H](C(C)C)C[C@H]2C[C@@H]12. The zero-order valence-corrected chi connectivity index (χ0v) is 8.88. The lowest BCUT2D eigenvalue weighted by Crippen LogP contribution is -2.22. The first-order valence-electron chi connectivity index (χ1n) is 5.61. The van der Waals surface area contributed by atoms with Crippen LogP contribution in [0.3, 0.4) is 0 Å². The van der Waals surface area contributed by atoms with E-state index in [9.17, 15) is 0 Å². The summed E-state index contributed by atoms with van der Waals surface area (Å²) in [6, 6.07) is 0. The van der Waals surface area contributed by atoms with Crippen LogP contribution in [0.15, 0.2) is 0 Å². The summed E-state index contributed by atoms with van der Waals surface area (Å²) in [5.74, 6) is 6.24. The van der Waals surface area contributed by atoms with Crippen LogP contribution < -0.4 is 0 Å². The average Bonchev–Trinajstić information content (AvgIpc) is 2.60. The highest BCUT2D eigenvalue weighted by molar-refractivity contribution is 5.03. The Bertz CT molecular complexity index is 169. The molecule has 0 heteroatoms. The molecule has 0 aromatic carbocycles. The lowest BCUT2D eigenvalue weighted by Gasteiger charge is -2.29. The van der Waals surface area contributed by atoms with E-state index in [1.165, 1.54) is 0 Å². The summed E-state index contributed by atoms with van der Waals surface area (Å²) >= 11 is 0. The van der Waals surface area contributed by atoms with E-state index in [1.54, 1.807) is 12.8 Å². The quantitative estimate of drug-likeness (QED) is 0.588. The van der Waals surface area contributed by atoms with Crippen molar-refractivity contribution < 1.29 is 0 Å². The van der Waals surface area contributed by atoms with Crippen molar-refractivity contribution in [2.75, 3.05) is 0 Å². The molecule has 70 valence electrons. The van der Waals surface area contributed by atoms with Gasteiger partial charge in [-0.2, -0.15) is 0 Å². The first-order chi connectivity index (χ1) is 5.61. The van der Waals surface area contributed by atoms with Crippen molar-refractivity contribution in [3.63, 3.8) is 0 Å². The molecule has 0 saturated heterocycles. The predicted molar refractivity (Wildman–Crippen MR) is 52.9 cm³/mol. The van der Waals surface area contributed by atoms with Gasteiger partial charge in [0.15, 0.2) is 0 Å². The summed E-state index contributed by atoms with van der Waals surface area (Å²) in [7, 11) is 0. The third-order valence-corrected chi connectivity index (χ3v) is 4.17. The Hall–Kier alpha value is 0. The van der Waals surface area contributed by atoms with Crippen molar-refractivity contribution in [1.29, 1.82) is 0 Å². The topological polar surface area (TPSA) is 0 Å². The van der Waals surface area contributed by atoms with E-state index in [0.717, 1.165) is 35.5 Å². The molecule has 0 aromatic rings. The van der Waals surface area contributed by atoms with Crippen molar-refractivity contribution >= 4 is 0 Å². The molecule has 0 bridgehead atoms. The Kier molecular flexibility index (Phi) is 1.97. The Morgan fingerprint density at radius 1 is 0.917 bits per heavy atom. The van der Waals surface area contributed by atoms with Gasteiger partial charge in [-0.15, -0.1) is 0 Å². The van der Waals surface area contributed by atoms with Crippen LogP contribution in [0, 0.1) is 35.5 Å². The van der Waals surface area contributed by atoms with Crippen LogP contribution in [0.25, 0.3) is 0 Å². The molecule has 2 fully saturated rings. The molecule has 12 heavy (non-hydrogen) atoms. The minimum absolute atomic E-state index is 0.921. The molecule has 2 saturated carbocycles. The van der Waals surface area contributed by atoms with Gasteiger partial charge in [0.2, 0.25) is 0 Å². The van der Waals surface area contributed by atoms with Crippen molar-refractivity contribution in [1.82, 2.24) is 0 Å². The minimum atomic E-state index is 0.921. The van der Waals surface area contributed by atoms with Gasteiger partial charge in [-0.25, -0.2) is 0 Å². The average molecular weight is 166 g/mol. The van der Waals surface area contributed by atoms with E-state index in [1.807, 2.05) is 0 Å². The van der Waals surface area contributed by atoms with Gasteiger partial charge in [-0.3, -0.25) is 0 Å². The maximum Gasteiger partial charge on any atom is -0.0329 e. The van der Waals surface area contributed by atoms with Crippen LogP contribution in [-0.2, 0) is 0 Å². The van der Waals surface area contributed by atoms with Crippen LogP contribution in [0.5, 0.6) is 0 Å². The number of hydrogen-bond acceptors (Lipinski definition) is 0. The molecule has 2 rings (SSSR count). The van der Waals surface area contributed by atoms with Gasteiger partial charge < -0.3 is 0 Å². The Labute approximate surface area is 76.7 Å². The second-order valence-corrected chi connectivity index (χ2v) is 5.62. The van der Waals surface area contributed by atoms with Gasteiger partial charge in [0.1, 0.15) is 0 Å². The first kappa shape index (κ1) is 8.59. The standard InChI is InChI=1S/C12H22/c1-7(2)10-5-9-6-11(9)12(10)8(3)4/h7-12H,5-6H2,1-4H3/t9-,10-,11+,12?/m0/s1. The van der Waals surface area contributed by atoms with E-state index >= 15 is 0 Å². The van der Waals surface area contributed by atoms with Crippen LogP contribution in [0.1, 0.15) is 40.5 Å². The molecular weight excluding hydrogens is 144 g/mol. The normalized spacial score (nSPS) is 45.5. The molecule has 2 aliphatic rings. The number of fused-ring (bicyclic) bond motifs is 1. The molecule has 0 N–H and O–H groups in total. The zero-order chi connectivity index (χ0) is 8.88. The van der Waals surface area contributed by atoms with E-state index < -0.39 is 0 Å². The molecule has 0 radical (unpaired) electrons. The maximum absolute atomic E-state index is 2.42. The second-order valence-electron chi connectivity index (χ2n) is 5.62. The number of rotatable bonds is 2. The molecule has 0 aliphatic heterocycles. The fraction of sp³-hybridized carbons (Fsp3) is 1.00. The van der Waals surface area contributed by atoms with Crippen LogP contribution in [0.2, 0.25) is 0 Å². The van der Waals surface area contributed by atoms with Gasteiger partial charge in [-0.1, -0.05) is 27.7 Å². The minimum Gasteiger partial charge on any atom is -0.0625 e. The summed E-state index contributed by atoms with van der Waals surface area (Å²) < 4.78 is 0. The zero-order valence-electron chi connectivity index (χ0n) is 8.88. The maximum atomic E-state index is 2.42. The van der Waals surface area contributed by atoms with Crippen molar-refractivity contribution in [2.24, 2.45) is 35.5 Å². The van der Waals surface area contributed by atoms with E-state index in [-0.39, 0.29) is 0 Å². The van der Waals surface area contributed by atoms with Gasteiger partial charge in [-0.05, 0) is 48.3 Å². The summed E-state index contributed by atoms with van der Waals surface area (Å²) in [6.07, 6.45) is 3.11. The molecule has 0 heterocycles. The first-order valence-corrected chi connectivity index (χ1v) is 5.61. The molecule has 0 amide bonds. The summed E-state index contributed by atoms with van der Waals surface area (Å²) in [5.41, 5.74) is 0. The molecule has 0 aromatic heterocycles. The molecule has 0 nitrogen and oxygen atoms in total. The third-order valence-electron chi connectivity index (χ3n) is 4.17. The van der Waals surface area contributed by atoms with E-state index in [2.05, 4.69) is 27.7 Å². The van der Waals surface area contributed by atoms with Gasteiger partial charge >= 0.3 is 0 Å². The highest BCUT2D eigenvalue weighted by atomic mass is 14.6. The second kappa shape index (κ2) is 2.75. The largest absolute Gasteiger partial charge is 0.0625 e. The Balaban J connectivity index is 2.06. The van der Waals surface area contributed by atoms with E-state index in [0.29, 0.717) is 0 Å². The monoisotopic (exact) mass is 166 g/mol. The van der Waals surface area contributed by atoms with Crippen LogP contribution >= 0.6 is 0 Å². The smallest absolute Gasteiger partial charge is 0.0329 e. The Morgan fingerprint density at radius 2 is 1.58 bits per heavy atom. The highest BCUT2D eigenvalue weighted by Crippen LogP contribution is 2.61. The summed E-state index contributed by atoms with van der Waals surface area (Å²) in [5, 5.41) is 0. The van der Waals surface area contributed by atoms with Crippen molar-refractivity contribution in [3.05, 3.63) is 0 Å². The summed E-state index contributed by atoms with van der Waals surface area (Å²) in [4.78, 5) is 0. The molecule has 2 aliphatic carbocycles. The van der Waals surface area contributed by atoms with Crippen molar-refractivity contribution in [3.8, 4) is 0 Å². The fourth-order valence-corrected chi connectivity index (χ4v) is 3.54. The molecule has 1 unspecified atom stereocenters. The van der Waals surface area contributed by atoms with Gasteiger partial charge in [0.05, 0.1) is 0 Å². The fourth-order valence-electron chi connectivity index (χ4n) is 3.54. The Morgan fingerprint density at radius 3 is 2.00 bits per heavy atom. The highest BCUT2D eigenvalue weighted by Gasteiger charge is 2.54. The molecule has 0 spiro atoms. The molecule has 4 atom stereocenters. The van der Waals surface area contributed by atoms with Gasteiger partial charge in [0, 0.05) is 0 Å².